The normalized spacial score (nSPS) is 12.3. The lowest BCUT2D eigenvalue weighted by molar-refractivity contribution is 0.563. The largest absolute Gasteiger partial charge is 0.422 e. The van der Waals surface area contributed by atoms with E-state index in [9.17, 15) is 19.2 Å². The average Bonchev–Trinajstić information content (AvgIpc) is 4.29. The first-order valence-corrected chi connectivity index (χ1v) is 25.2. The molecule has 0 unspecified atom stereocenters. The molecule has 0 radical (unpaired) electrons. The van der Waals surface area contributed by atoms with Crippen LogP contribution in [0.4, 0.5) is 0 Å². The number of benzene rings is 4. The van der Waals surface area contributed by atoms with E-state index in [1.54, 1.807) is 97.1 Å². The van der Waals surface area contributed by atoms with Gasteiger partial charge in [0.1, 0.15) is 22.3 Å². The Kier molecular flexibility index (Phi) is 10.9. The highest BCUT2D eigenvalue weighted by Crippen LogP contribution is 2.44. The molecule has 4 aromatic carbocycles. The van der Waals surface area contributed by atoms with Gasteiger partial charge in [0.25, 0.3) is 0 Å². The maximum Gasteiger partial charge on any atom is 0.345 e. The molecule has 8 bridgehead atoms. The Morgan fingerprint density at radius 2 is 0.553 bits per heavy atom. The fraction of sp³-hybridized carbons (Fsp3) is 0.0667. The van der Waals surface area contributed by atoms with Crippen LogP contribution in [-0.4, -0.2) is 19.9 Å². The number of nitrogens with one attached hydrogen (secondary N) is 2. The standard InChI is InChI=1S/C60H34Cl4N4O8/c1-25-5-9-29-41(21-25)73-57(69)49(53(29)61)45-33-13-15-35(65-33)46(50-54(62)30-10-6-26(2)22-42(30)74-58(50)70)37-17-19-39(67-37)48(52-56(64)32-12-8-28(4)24-44(32)76-60(52)72)40-20-18-38(68-40)47(36-16-14-34(45)66-36)51-55(63)31-11-7-27(3)23-43(31)75-59(51)71/h5-24,65,68H,1-4H3. The van der Waals surface area contributed by atoms with Crippen LogP contribution in [0.25, 0.3) is 135 Å². The van der Waals surface area contributed by atoms with E-state index in [2.05, 4.69) is 9.97 Å². The number of aromatic amines is 2. The molecule has 0 saturated carbocycles. The molecule has 2 aliphatic rings. The van der Waals surface area contributed by atoms with Crippen LogP contribution < -0.4 is 22.5 Å². The monoisotopic (exact) mass is 1080 g/mol. The number of hydrogen-bond acceptors (Lipinski definition) is 10. The molecule has 7 aromatic heterocycles. The van der Waals surface area contributed by atoms with Crippen LogP contribution >= 0.6 is 46.4 Å². The van der Waals surface area contributed by atoms with Gasteiger partial charge in [-0.1, -0.05) is 70.7 Å². The van der Waals surface area contributed by atoms with Crippen molar-refractivity contribution in [2.45, 2.75) is 27.7 Å². The quantitative estimate of drug-likeness (QED) is 0.161. The summed E-state index contributed by atoms with van der Waals surface area (Å²) in [7, 11) is 0. The molecular formula is C60H34Cl4N4O8. The number of nitrogens with zero attached hydrogens (tertiary/aromatic N) is 2. The summed E-state index contributed by atoms with van der Waals surface area (Å²) < 4.78 is 24.0. The Labute approximate surface area is 447 Å². The van der Waals surface area contributed by atoms with E-state index in [1.165, 1.54) is 0 Å². The van der Waals surface area contributed by atoms with Gasteiger partial charge in [0.05, 0.1) is 65.1 Å². The molecule has 76 heavy (non-hydrogen) atoms. The van der Waals surface area contributed by atoms with Crippen LogP contribution in [0.5, 0.6) is 0 Å². The Morgan fingerprint density at radius 1 is 0.329 bits per heavy atom. The number of aromatic nitrogens is 4. The SMILES string of the molecule is Cc1ccc2c(Cl)c(-c3c4nc(c(-c5c(Cl)c6ccc(C)cc6oc5=O)c5ccc([nH]5)c(-c5c(Cl)c6ccc(C)cc6oc5=O)c5nc(c(-c6c(Cl)c7ccc(C)cc7oc6=O)c6ccc3[nH]6)C=C5)C=C4)c(=O)oc2c1. The minimum atomic E-state index is -0.769. The summed E-state index contributed by atoms with van der Waals surface area (Å²) in [5, 5.41) is 2.16. The third-order valence-electron chi connectivity index (χ3n) is 13.8. The number of H-pyrrole nitrogens is 2. The lowest BCUT2D eigenvalue weighted by Gasteiger charge is -2.10. The molecule has 2 aliphatic heterocycles. The molecule has 13 rings (SSSR count). The highest BCUT2D eigenvalue weighted by molar-refractivity contribution is 6.40. The molecule has 0 fully saturated rings. The van der Waals surface area contributed by atoms with Crippen molar-refractivity contribution in [3.8, 4) is 44.5 Å². The first-order valence-electron chi connectivity index (χ1n) is 23.7. The van der Waals surface area contributed by atoms with Gasteiger partial charge in [-0.05, 0) is 147 Å². The van der Waals surface area contributed by atoms with Crippen molar-refractivity contribution in [1.29, 1.82) is 0 Å². The van der Waals surface area contributed by atoms with Crippen LogP contribution in [0.1, 0.15) is 45.0 Å². The number of fused-ring (bicyclic) bond motifs is 12. The minimum absolute atomic E-state index is 0.0334. The number of rotatable bonds is 4. The van der Waals surface area contributed by atoms with Crippen molar-refractivity contribution in [2.24, 2.45) is 0 Å². The maximum atomic E-state index is 14.5. The van der Waals surface area contributed by atoms with E-state index in [4.69, 9.17) is 74.0 Å². The van der Waals surface area contributed by atoms with Crippen molar-refractivity contribution in [1.82, 2.24) is 19.9 Å². The van der Waals surface area contributed by atoms with Gasteiger partial charge in [-0.3, -0.25) is 0 Å². The minimum Gasteiger partial charge on any atom is -0.422 e. The molecule has 0 saturated heterocycles. The molecule has 0 spiro atoms. The van der Waals surface area contributed by atoms with Crippen LogP contribution in [0.3, 0.4) is 0 Å². The Hall–Kier alpha value is -8.52. The lowest BCUT2D eigenvalue weighted by Crippen LogP contribution is -2.07. The zero-order valence-corrected chi connectivity index (χ0v) is 43.2. The summed E-state index contributed by atoms with van der Waals surface area (Å²) in [6, 6.07) is 28.2. The number of halogens is 4. The Balaban J connectivity index is 1.25. The molecule has 0 amide bonds. The average molecular weight is 1080 g/mol. The summed E-state index contributed by atoms with van der Waals surface area (Å²) in [5.41, 5.74) is 4.18. The first-order chi connectivity index (χ1) is 36.6. The smallest absolute Gasteiger partial charge is 0.345 e. The molecule has 9 heterocycles. The Bertz CT molecular complexity index is 4370. The molecule has 12 nitrogen and oxygen atoms in total. The van der Waals surface area contributed by atoms with Crippen LogP contribution in [0, 0.1) is 27.7 Å². The summed E-state index contributed by atoms with van der Waals surface area (Å²) in [5.74, 6) is 0. The van der Waals surface area contributed by atoms with Crippen molar-refractivity contribution in [3.05, 3.63) is 204 Å². The topological polar surface area (TPSA) is 178 Å². The van der Waals surface area contributed by atoms with E-state index in [1.807, 2.05) is 52.0 Å². The summed E-state index contributed by atoms with van der Waals surface area (Å²) >= 11 is 29.3. The van der Waals surface area contributed by atoms with Crippen molar-refractivity contribution < 1.29 is 17.7 Å². The van der Waals surface area contributed by atoms with Gasteiger partial charge >= 0.3 is 22.5 Å². The highest BCUT2D eigenvalue weighted by atomic mass is 35.5. The number of aryl methyl sites for hydroxylation is 4. The lowest BCUT2D eigenvalue weighted by atomic mass is 10.0. The van der Waals surface area contributed by atoms with E-state index in [0.29, 0.717) is 43.6 Å². The van der Waals surface area contributed by atoms with Crippen LogP contribution in [-0.2, 0) is 0 Å². The molecule has 0 atom stereocenters. The van der Waals surface area contributed by atoms with Gasteiger partial charge in [0.2, 0.25) is 0 Å². The van der Waals surface area contributed by atoms with Gasteiger partial charge < -0.3 is 27.6 Å². The molecule has 370 valence electrons. The third kappa shape index (κ3) is 7.43. The zero-order valence-electron chi connectivity index (χ0n) is 40.2. The van der Waals surface area contributed by atoms with E-state index >= 15 is 0 Å². The van der Waals surface area contributed by atoms with E-state index in [-0.39, 0.29) is 110 Å². The van der Waals surface area contributed by atoms with E-state index < -0.39 is 22.5 Å². The summed E-state index contributed by atoms with van der Waals surface area (Å²) in [6.45, 7) is 7.48. The second kappa shape index (κ2) is 17.5. The molecule has 2 N–H and O–H groups in total. The fourth-order valence-electron chi connectivity index (χ4n) is 10.2. The van der Waals surface area contributed by atoms with Gasteiger partial charge in [-0.15, -0.1) is 0 Å². The first kappa shape index (κ1) is 47.2. The molecule has 0 aliphatic carbocycles. The molecule has 11 aromatic rings. The molecule has 16 heteroatoms. The summed E-state index contributed by atoms with van der Waals surface area (Å²) in [4.78, 5) is 75.4. The van der Waals surface area contributed by atoms with Crippen LogP contribution in [0.15, 0.2) is 134 Å². The van der Waals surface area contributed by atoms with Gasteiger partial charge in [-0.2, -0.15) is 0 Å². The fourth-order valence-corrected chi connectivity index (χ4v) is 11.5. The Morgan fingerprint density at radius 3 is 0.776 bits per heavy atom. The third-order valence-corrected chi connectivity index (χ3v) is 15.3. The maximum absolute atomic E-state index is 14.5. The van der Waals surface area contributed by atoms with Crippen molar-refractivity contribution >= 4 is 137 Å². The number of hydrogen-bond donors (Lipinski definition) is 2. The van der Waals surface area contributed by atoms with Crippen LogP contribution in [0.2, 0.25) is 20.1 Å². The second-order valence-corrected chi connectivity index (χ2v) is 20.3. The summed E-state index contributed by atoms with van der Waals surface area (Å²) in [6.07, 6.45) is 6.70. The predicted molar refractivity (Wildman–Crippen MR) is 304 cm³/mol. The molecular weight excluding hydrogens is 1050 g/mol. The van der Waals surface area contributed by atoms with Gasteiger partial charge in [-0.25, -0.2) is 29.1 Å². The zero-order chi connectivity index (χ0) is 52.6. The van der Waals surface area contributed by atoms with Crippen molar-refractivity contribution in [3.63, 3.8) is 0 Å². The van der Waals surface area contributed by atoms with Gasteiger partial charge in [0, 0.05) is 65.9 Å². The van der Waals surface area contributed by atoms with Gasteiger partial charge in [0.15, 0.2) is 0 Å². The van der Waals surface area contributed by atoms with Crippen molar-refractivity contribution in [2.75, 3.05) is 0 Å². The highest BCUT2D eigenvalue weighted by Gasteiger charge is 2.28. The predicted octanol–water partition coefficient (Wildman–Crippen LogP) is 15.6. The van der Waals surface area contributed by atoms with E-state index in [0.717, 1.165) is 22.3 Å². The second-order valence-electron chi connectivity index (χ2n) is 18.8.